The van der Waals surface area contributed by atoms with Crippen molar-refractivity contribution in [3.05, 3.63) is 36.2 Å². The standard InChI is InChI=1S/C16H24N4O/c1-2-3-4-5-12-21-16-8-6-14(7-9-16)20-15(10-11-17)13-18-19-20/h6-9,13H,2-5,10-12,17H2,1H3. The van der Waals surface area contributed by atoms with E-state index in [0.29, 0.717) is 6.54 Å². The summed E-state index contributed by atoms with van der Waals surface area (Å²) in [7, 11) is 0. The fourth-order valence-electron chi connectivity index (χ4n) is 2.19. The summed E-state index contributed by atoms with van der Waals surface area (Å²) in [6, 6.07) is 7.94. The molecule has 0 amide bonds. The monoisotopic (exact) mass is 288 g/mol. The second-order valence-corrected chi connectivity index (χ2v) is 5.08. The molecule has 0 saturated heterocycles. The molecule has 0 aliphatic heterocycles. The Hall–Kier alpha value is -1.88. The molecule has 0 saturated carbocycles. The molecule has 0 atom stereocenters. The van der Waals surface area contributed by atoms with E-state index in [1.54, 1.807) is 6.20 Å². The zero-order valence-electron chi connectivity index (χ0n) is 12.7. The van der Waals surface area contributed by atoms with Crippen molar-refractivity contribution in [1.29, 1.82) is 0 Å². The fraction of sp³-hybridized carbons (Fsp3) is 0.500. The summed E-state index contributed by atoms with van der Waals surface area (Å²) < 4.78 is 7.55. The van der Waals surface area contributed by atoms with Crippen LogP contribution in [0.4, 0.5) is 0 Å². The van der Waals surface area contributed by atoms with Gasteiger partial charge in [-0.05, 0) is 37.2 Å². The Morgan fingerprint density at radius 2 is 1.95 bits per heavy atom. The Kier molecular flexibility index (Phi) is 6.22. The van der Waals surface area contributed by atoms with Gasteiger partial charge in [0.2, 0.25) is 0 Å². The predicted octanol–water partition coefficient (Wildman–Crippen LogP) is 2.73. The lowest BCUT2D eigenvalue weighted by molar-refractivity contribution is 0.305. The molecule has 1 aromatic heterocycles. The molecule has 0 spiro atoms. The molecule has 0 unspecified atom stereocenters. The first-order valence-corrected chi connectivity index (χ1v) is 7.68. The molecule has 0 aliphatic rings. The number of nitrogens with two attached hydrogens (primary N) is 1. The van der Waals surface area contributed by atoms with Crippen LogP contribution in [0.3, 0.4) is 0 Å². The molecular formula is C16H24N4O. The van der Waals surface area contributed by atoms with E-state index in [1.165, 1.54) is 19.3 Å². The van der Waals surface area contributed by atoms with Gasteiger partial charge in [-0.25, -0.2) is 4.68 Å². The molecule has 0 aliphatic carbocycles. The molecule has 2 rings (SSSR count). The molecule has 5 heteroatoms. The molecule has 21 heavy (non-hydrogen) atoms. The van der Waals surface area contributed by atoms with E-state index in [0.717, 1.165) is 36.6 Å². The Morgan fingerprint density at radius 3 is 2.67 bits per heavy atom. The normalized spacial score (nSPS) is 10.8. The largest absolute Gasteiger partial charge is 0.494 e. The summed E-state index contributed by atoms with van der Waals surface area (Å²) in [6.45, 7) is 3.58. The SMILES string of the molecule is CCCCCCOc1ccc(-n2nncc2CCN)cc1. The van der Waals surface area contributed by atoms with E-state index in [-0.39, 0.29) is 0 Å². The lowest BCUT2D eigenvalue weighted by Crippen LogP contribution is -2.08. The first-order chi connectivity index (χ1) is 10.3. The van der Waals surface area contributed by atoms with Gasteiger partial charge < -0.3 is 10.5 Å². The maximum atomic E-state index is 5.74. The van der Waals surface area contributed by atoms with Crippen molar-refractivity contribution in [3.63, 3.8) is 0 Å². The number of hydrogen-bond acceptors (Lipinski definition) is 4. The summed E-state index contributed by atoms with van der Waals surface area (Å²) in [6.07, 6.45) is 7.39. The third-order valence-corrected chi connectivity index (χ3v) is 3.37. The van der Waals surface area contributed by atoms with Gasteiger partial charge in [0.05, 0.1) is 24.2 Å². The van der Waals surface area contributed by atoms with Crippen molar-refractivity contribution < 1.29 is 4.74 Å². The summed E-state index contributed by atoms with van der Waals surface area (Å²) in [5.74, 6) is 0.899. The van der Waals surface area contributed by atoms with Crippen LogP contribution in [-0.4, -0.2) is 28.1 Å². The zero-order valence-corrected chi connectivity index (χ0v) is 12.7. The Morgan fingerprint density at radius 1 is 1.14 bits per heavy atom. The molecule has 2 N–H and O–H groups in total. The molecular weight excluding hydrogens is 264 g/mol. The molecule has 114 valence electrons. The topological polar surface area (TPSA) is 66.0 Å². The molecule has 0 fully saturated rings. The maximum Gasteiger partial charge on any atom is 0.119 e. The van der Waals surface area contributed by atoms with E-state index < -0.39 is 0 Å². The fourth-order valence-corrected chi connectivity index (χ4v) is 2.19. The van der Waals surface area contributed by atoms with E-state index >= 15 is 0 Å². The number of hydrogen-bond donors (Lipinski definition) is 1. The summed E-state index contributed by atoms with van der Waals surface area (Å²) in [5.41, 5.74) is 7.59. The van der Waals surface area contributed by atoms with Crippen LogP contribution in [0.2, 0.25) is 0 Å². The van der Waals surface area contributed by atoms with Crippen molar-refractivity contribution in [1.82, 2.24) is 15.0 Å². The molecule has 1 heterocycles. The van der Waals surface area contributed by atoms with Crippen molar-refractivity contribution in [2.24, 2.45) is 5.73 Å². The van der Waals surface area contributed by atoms with Gasteiger partial charge in [0.1, 0.15) is 5.75 Å². The number of rotatable bonds is 9. The highest BCUT2D eigenvalue weighted by Gasteiger charge is 2.05. The van der Waals surface area contributed by atoms with Gasteiger partial charge in [-0.15, -0.1) is 5.10 Å². The van der Waals surface area contributed by atoms with Crippen molar-refractivity contribution in [3.8, 4) is 11.4 Å². The number of aromatic nitrogens is 3. The van der Waals surface area contributed by atoms with Gasteiger partial charge in [-0.2, -0.15) is 0 Å². The number of unbranched alkanes of at least 4 members (excludes halogenated alkanes) is 3. The van der Waals surface area contributed by atoms with E-state index in [2.05, 4.69) is 17.2 Å². The van der Waals surface area contributed by atoms with Crippen LogP contribution in [0, 0.1) is 0 Å². The zero-order chi connectivity index (χ0) is 14.9. The third kappa shape index (κ3) is 4.56. The van der Waals surface area contributed by atoms with Crippen molar-refractivity contribution in [2.45, 2.75) is 39.0 Å². The number of benzene rings is 1. The van der Waals surface area contributed by atoms with E-state index in [4.69, 9.17) is 10.5 Å². The number of ether oxygens (including phenoxy) is 1. The average molecular weight is 288 g/mol. The highest BCUT2D eigenvalue weighted by Crippen LogP contribution is 2.16. The maximum absolute atomic E-state index is 5.74. The summed E-state index contributed by atoms with van der Waals surface area (Å²) in [5, 5.41) is 8.04. The highest BCUT2D eigenvalue weighted by atomic mass is 16.5. The van der Waals surface area contributed by atoms with Gasteiger partial charge in [-0.1, -0.05) is 31.4 Å². The average Bonchev–Trinajstić information content (AvgIpc) is 2.96. The first-order valence-electron chi connectivity index (χ1n) is 7.68. The molecule has 1 aromatic carbocycles. The second kappa shape index (κ2) is 8.42. The third-order valence-electron chi connectivity index (χ3n) is 3.37. The van der Waals surface area contributed by atoms with Crippen LogP contribution in [-0.2, 0) is 6.42 Å². The lowest BCUT2D eigenvalue weighted by Gasteiger charge is -2.08. The quantitative estimate of drug-likeness (QED) is 0.720. The van der Waals surface area contributed by atoms with Crippen LogP contribution in [0.1, 0.15) is 38.3 Å². The van der Waals surface area contributed by atoms with Crippen LogP contribution >= 0.6 is 0 Å². The van der Waals surface area contributed by atoms with E-state index in [9.17, 15) is 0 Å². The Labute approximate surface area is 126 Å². The summed E-state index contributed by atoms with van der Waals surface area (Å²) >= 11 is 0. The van der Waals surface area contributed by atoms with Crippen LogP contribution in [0.5, 0.6) is 5.75 Å². The lowest BCUT2D eigenvalue weighted by atomic mass is 10.2. The van der Waals surface area contributed by atoms with Gasteiger partial charge in [0, 0.05) is 6.42 Å². The van der Waals surface area contributed by atoms with Crippen molar-refractivity contribution in [2.75, 3.05) is 13.2 Å². The molecule has 0 radical (unpaired) electrons. The Balaban J connectivity index is 1.91. The minimum absolute atomic E-state index is 0.590. The van der Waals surface area contributed by atoms with Crippen molar-refractivity contribution >= 4 is 0 Å². The summed E-state index contributed by atoms with van der Waals surface area (Å²) in [4.78, 5) is 0. The minimum Gasteiger partial charge on any atom is -0.494 e. The van der Waals surface area contributed by atoms with Gasteiger partial charge >= 0.3 is 0 Å². The van der Waals surface area contributed by atoms with Gasteiger partial charge in [0.25, 0.3) is 0 Å². The highest BCUT2D eigenvalue weighted by molar-refractivity contribution is 5.37. The smallest absolute Gasteiger partial charge is 0.119 e. The van der Waals surface area contributed by atoms with Crippen LogP contribution < -0.4 is 10.5 Å². The van der Waals surface area contributed by atoms with E-state index in [1.807, 2.05) is 28.9 Å². The van der Waals surface area contributed by atoms with Crippen LogP contribution in [0.15, 0.2) is 30.5 Å². The molecule has 2 aromatic rings. The predicted molar refractivity (Wildman–Crippen MR) is 83.8 cm³/mol. The van der Waals surface area contributed by atoms with Crippen LogP contribution in [0.25, 0.3) is 5.69 Å². The van der Waals surface area contributed by atoms with Gasteiger partial charge in [-0.3, -0.25) is 0 Å². The van der Waals surface area contributed by atoms with Gasteiger partial charge in [0.15, 0.2) is 0 Å². The second-order valence-electron chi connectivity index (χ2n) is 5.08. The number of nitrogens with zero attached hydrogens (tertiary/aromatic N) is 3. The first kappa shape index (κ1) is 15.5. The minimum atomic E-state index is 0.590. The molecule has 0 bridgehead atoms. The molecule has 5 nitrogen and oxygen atoms in total. The Bertz CT molecular complexity index is 521.